The van der Waals surface area contributed by atoms with Crippen molar-refractivity contribution in [3.8, 4) is 5.75 Å². The summed E-state index contributed by atoms with van der Waals surface area (Å²) < 4.78 is 33.8. The summed E-state index contributed by atoms with van der Waals surface area (Å²) in [6, 6.07) is 12.9. The topological polar surface area (TPSA) is 55.4 Å². The number of rotatable bonds is 7. The second-order valence-electron chi connectivity index (χ2n) is 5.31. The molecular weight excluding hydrogens is 396 g/mol. The first-order valence-corrected chi connectivity index (χ1v) is 8.23. The fraction of sp³-hybridized carbons (Fsp3) is 0.222. The zero-order valence-corrected chi connectivity index (χ0v) is 15.0. The van der Waals surface area contributed by atoms with E-state index in [1.807, 2.05) is 5.32 Å². The Morgan fingerprint density at radius 1 is 1.16 bits per heavy atom. The maximum atomic E-state index is 14.0. The lowest BCUT2D eigenvalue weighted by molar-refractivity contribution is -0.154. The molecule has 0 aliphatic heterocycles. The van der Waals surface area contributed by atoms with Crippen molar-refractivity contribution in [3.63, 3.8) is 0 Å². The number of halogens is 3. The van der Waals surface area contributed by atoms with Gasteiger partial charge in [-0.1, -0.05) is 28.1 Å². The molecular formula is C18H16BrF2NO3. The Hall–Kier alpha value is -2.28. The van der Waals surface area contributed by atoms with Crippen LogP contribution in [-0.4, -0.2) is 24.7 Å². The van der Waals surface area contributed by atoms with Crippen LogP contribution in [0.2, 0.25) is 0 Å². The maximum Gasteiger partial charge on any atom is 0.381 e. The molecule has 0 bridgehead atoms. The molecule has 0 aliphatic rings. The van der Waals surface area contributed by atoms with Crippen molar-refractivity contribution in [2.24, 2.45) is 0 Å². The summed E-state index contributed by atoms with van der Waals surface area (Å²) in [7, 11) is 1.46. The molecule has 7 heteroatoms. The highest BCUT2D eigenvalue weighted by Gasteiger charge is 2.46. The fourth-order valence-electron chi connectivity index (χ4n) is 2.12. The van der Waals surface area contributed by atoms with E-state index in [9.17, 15) is 18.4 Å². The van der Waals surface area contributed by atoms with E-state index in [0.29, 0.717) is 5.75 Å². The van der Waals surface area contributed by atoms with Crippen LogP contribution in [0.15, 0.2) is 53.0 Å². The van der Waals surface area contributed by atoms with E-state index in [1.165, 1.54) is 31.4 Å². The number of alkyl halides is 2. The van der Waals surface area contributed by atoms with Crippen molar-refractivity contribution in [3.05, 3.63) is 58.6 Å². The number of hydrogen-bond donors (Lipinski definition) is 1. The summed E-state index contributed by atoms with van der Waals surface area (Å²) in [5, 5.41) is 2.05. The fourth-order valence-corrected chi connectivity index (χ4v) is 2.56. The molecule has 0 fully saturated rings. The lowest BCUT2D eigenvalue weighted by Crippen LogP contribution is -2.42. The van der Waals surface area contributed by atoms with Gasteiger partial charge >= 0.3 is 11.8 Å². The van der Waals surface area contributed by atoms with Gasteiger partial charge in [0, 0.05) is 16.6 Å². The van der Waals surface area contributed by atoms with Gasteiger partial charge < -0.3 is 10.1 Å². The smallest absolute Gasteiger partial charge is 0.381 e. The Kier molecular flexibility index (Phi) is 6.25. The molecule has 0 saturated carbocycles. The molecule has 0 atom stereocenters. The normalized spacial score (nSPS) is 11.0. The number of aryl methyl sites for hydroxylation is 1. The standard InChI is InChI=1S/C18H16BrF2NO3/c1-25-15-8-6-14(7-9-15)22-17(24)18(20,21)16(23)10-5-12-3-2-4-13(19)11-12/h2-4,6-9,11H,5,10H2,1H3,(H,22,24). The van der Waals surface area contributed by atoms with Crippen molar-refractivity contribution in [2.45, 2.75) is 18.8 Å². The van der Waals surface area contributed by atoms with Crippen LogP contribution >= 0.6 is 15.9 Å². The van der Waals surface area contributed by atoms with Gasteiger partial charge in [0.2, 0.25) is 5.78 Å². The van der Waals surface area contributed by atoms with E-state index < -0.39 is 24.0 Å². The molecule has 25 heavy (non-hydrogen) atoms. The number of Topliss-reactive ketones (excluding diaryl/α,β-unsaturated/α-hetero) is 1. The highest BCUT2D eigenvalue weighted by Crippen LogP contribution is 2.23. The predicted molar refractivity (Wildman–Crippen MR) is 94.0 cm³/mol. The Morgan fingerprint density at radius 3 is 2.44 bits per heavy atom. The second kappa shape index (κ2) is 8.20. The van der Waals surface area contributed by atoms with E-state index in [1.54, 1.807) is 24.3 Å². The van der Waals surface area contributed by atoms with Crippen LogP contribution in [0.25, 0.3) is 0 Å². The molecule has 2 aromatic rings. The van der Waals surface area contributed by atoms with Crippen molar-refractivity contribution in [1.82, 2.24) is 0 Å². The summed E-state index contributed by atoms with van der Waals surface area (Å²) in [5.41, 5.74) is 0.888. The molecule has 0 unspecified atom stereocenters. The van der Waals surface area contributed by atoms with E-state index in [4.69, 9.17) is 4.74 Å². The first-order chi connectivity index (χ1) is 11.8. The summed E-state index contributed by atoms with van der Waals surface area (Å²) >= 11 is 3.27. The van der Waals surface area contributed by atoms with Crippen LogP contribution < -0.4 is 10.1 Å². The van der Waals surface area contributed by atoms with Gasteiger partial charge in [-0.25, -0.2) is 0 Å². The zero-order chi connectivity index (χ0) is 18.4. The Bertz CT molecular complexity index is 763. The number of benzene rings is 2. The lowest BCUT2D eigenvalue weighted by Gasteiger charge is -2.15. The molecule has 1 N–H and O–H groups in total. The number of ketones is 1. The molecule has 0 aliphatic carbocycles. The first-order valence-electron chi connectivity index (χ1n) is 7.44. The Balaban J connectivity index is 1.97. The van der Waals surface area contributed by atoms with Gasteiger partial charge in [-0.3, -0.25) is 9.59 Å². The third-order valence-electron chi connectivity index (χ3n) is 3.51. The molecule has 2 rings (SSSR count). The van der Waals surface area contributed by atoms with Gasteiger partial charge in [-0.2, -0.15) is 8.78 Å². The second-order valence-corrected chi connectivity index (χ2v) is 6.23. The highest BCUT2D eigenvalue weighted by atomic mass is 79.9. The number of nitrogens with one attached hydrogen (secondary N) is 1. The number of carbonyl (C=O) groups excluding carboxylic acids is 2. The van der Waals surface area contributed by atoms with Crippen LogP contribution in [0.1, 0.15) is 12.0 Å². The van der Waals surface area contributed by atoms with Crippen molar-refractivity contribution in [2.75, 3.05) is 12.4 Å². The SMILES string of the molecule is COc1ccc(NC(=O)C(F)(F)C(=O)CCc2cccc(Br)c2)cc1. The van der Waals surface area contributed by atoms with Crippen molar-refractivity contribution in [1.29, 1.82) is 0 Å². The molecule has 2 aromatic carbocycles. The number of hydrogen-bond acceptors (Lipinski definition) is 3. The van der Waals surface area contributed by atoms with E-state index in [-0.39, 0.29) is 12.1 Å². The van der Waals surface area contributed by atoms with Gasteiger partial charge in [0.1, 0.15) is 5.75 Å². The number of carbonyl (C=O) groups is 2. The van der Waals surface area contributed by atoms with Crippen LogP contribution in [0.4, 0.5) is 14.5 Å². The molecule has 1 amide bonds. The minimum Gasteiger partial charge on any atom is -0.497 e. The Morgan fingerprint density at radius 2 is 1.84 bits per heavy atom. The molecule has 4 nitrogen and oxygen atoms in total. The van der Waals surface area contributed by atoms with Crippen LogP contribution in [-0.2, 0) is 16.0 Å². The molecule has 0 radical (unpaired) electrons. The summed E-state index contributed by atoms with van der Waals surface area (Å²) in [4.78, 5) is 23.6. The quantitative estimate of drug-likeness (QED) is 0.693. The minimum atomic E-state index is -4.09. The van der Waals surface area contributed by atoms with Gasteiger partial charge in [0.15, 0.2) is 0 Å². The monoisotopic (exact) mass is 411 g/mol. The van der Waals surface area contributed by atoms with Gasteiger partial charge in [0.05, 0.1) is 7.11 Å². The highest BCUT2D eigenvalue weighted by molar-refractivity contribution is 9.10. The van der Waals surface area contributed by atoms with Crippen LogP contribution in [0.5, 0.6) is 5.75 Å². The number of amides is 1. The van der Waals surface area contributed by atoms with Crippen molar-refractivity contribution < 1.29 is 23.1 Å². The van der Waals surface area contributed by atoms with Crippen LogP contribution in [0.3, 0.4) is 0 Å². The minimum absolute atomic E-state index is 0.129. The summed E-state index contributed by atoms with van der Waals surface area (Å²) in [6.45, 7) is 0. The predicted octanol–water partition coefficient (Wildman–Crippen LogP) is 4.23. The molecule has 0 spiro atoms. The number of ether oxygens (including phenoxy) is 1. The zero-order valence-electron chi connectivity index (χ0n) is 13.4. The van der Waals surface area contributed by atoms with E-state index >= 15 is 0 Å². The van der Waals surface area contributed by atoms with Crippen molar-refractivity contribution >= 4 is 33.3 Å². The summed E-state index contributed by atoms with van der Waals surface area (Å²) in [6.07, 6.45) is -0.302. The third kappa shape index (κ3) is 5.09. The largest absolute Gasteiger partial charge is 0.497 e. The van der Waals surface area contributed by atoms with E-state index in [2.05, 4.69) is 15.9 Å². The number of anilines is 1. The van der Waals surface area contributed by atoms with Gasteiger partial charge in [0.25, 0.3) is 0 Å². The molecule has 132 valence electrons. The summed E-state index contributed by atoms with van der Waals surface area (Å²) in [5.74, 6) is -6.63. The average molecular weight is 412 g/mol. The average Bonchev–Trinajstić information content (AvgIpc) is 2.60. The maximum absolute atomic E-state index is 14.0. The number of methoxy groups -OCH3 is 1. The lowest BCUT2D eigenvalue weighted by atomic mass is 10.0. The molecule has 0 heterocycles. The third-order valence-corrected chi connectivity index (χ3v) is 4.01. The van der Waals surface area contributed by atoms with Gasteiger partial charge in [-0.15, -0.1) is 0 Å². The molecule has 0 aromatic heterocycles. The Labute approximate surface area is 152 Å². The van der Waals surface area contributed by atoms with Gasteiger partial charge in [-0.05, 0) is 48.4 Å². The van der Waals surface area contributed by atoms with Crippen LogP contribution in [0, 0.1) is 0 Å². The first kappa shape index (κ1) is 19.1. The molecule has 0 saturated heterocycles. The van der Waals surface area contributed by atoms with E-state index in [0.717, 1.165) is 10.0 Å².